The molecule has 0 aromatic rings. The first-order chi connectivity index (χ1) is 14.2. The van der Waals surface area contributed by atoms with E-state index in [2.05, 4.69) is 13.8 Å². The van der Waals surface area contributed by atoms with E-state index in [4.69, 9.17) is 0 Å². The number of aliphatic carboxylic acids is 2. The fourth-order valence-electron chi connectivity index (χ4n) is 5.38. The molecule has 4 nitrogen and oxygen atoms in total. The lowest BCUT2D eigenvalue weighted by atomic mass is 9.50. The third-order valence-electron chi connectivity index (χ3n) is 7.56. The molecule has 3 atom stereocenters. The van der Waals surface area contributed by atoms with Crippen molar-refractivity contribution in [2.75, 3.05) is 0 Å². The summed E-state index contributed by atoms with van der Waals surface area (Å²) in [4.78, 5) is 24.9. The van der Waals surface area contributed by atoms with E-state index in [0.29, 0.717) is 25.7 Å². The highest BCUT2D eigenvalue weighted by molar-refractivity contribution is 5.87. The van der Waals surface area contributed by atoms with Gasteiger partial charge in [0.15, 0.2) is 0 Å². The number of hydrogen-bond acceptors (Lipinski definition) is 2. The first kappa shape index (κ1) is 26.7. The molecule has 0 heterocycles. The maximum atomic E-state index is 12.5. The molecule has 2 N–H and O–H groups in total. The zero-order valence-electron chi connectivity index (χ0n) is 19.9. The van der Waals surface area contributed by atoms with Crippen LogP contribution in [0.4, 0.5) is 0 Å². The summed E-state index contributed by atoms with van der Waals surface area (Å²) in [7, 11) is 0. The van der Waals surface area contributed by atoms with Gasteiger partial charge in [0, 0.05) is 0 Å². The van der Waals surface area contributed by atoms with Crippen LogP contribution in [0.25, 0.3) is 0 Å². The third-order valence-corrected chi connectivity index (χ3v) is 7.56. The van der Waals surface area contributed by atoms with Crippen molar-refractivity contribution in [3.8, 4) is 0 Å². The molecular formula is C26H46O4. The van der Waals surface area contributed by atoms with Gasteiger partial charge < -0.3 is 10.2 Å². The van der Waals surface area contributed by atoms with Gasteiger partial charge >= 0.3 is 11.9 Å². The van der Waals surface area contributed by atoms with Gasteiger partial charge in [0.1, 0.15) is 0 Å². The smallest absolute Gasteiger partial charge is 0.311 e. The van der Waals surface area contributed by atoms with Crippen molar-refractivity contribution in [2.24, 2.45) is 22.7 Å². The maximum Gasteiger partial charge on any atom is 0.311 e. The number of carboxylic acid groups (broad SMARTS) is 2. The van der Waals surface area contributed by atoms with E-state index in [9.17, 15) is 19.8 Å². The monoisotopic (exact) mass is 422 g/mol. The molecule has 1 aliphatic carbocycles. The normalized spacial score (nSPS) is 24.8. The highest BCUT2D eigenvalue weighted by Crippen LogP contribution is 2.57. The molecule has 1 aliphatic rings. The second-order valence-corrected chi connectivity index (χ2v) is 9.97. The van der Waals surface area contributed by atoms with Crippen molar-refractivity contribution >= 4 is 11.9 Å². The summed E-state index contributed by atoms with van der Waals surface area (Å²) in [5, 5.41) is 20.4. The minimum atomic E-state index is -1.21. The Morgan fingerprint density at radius 2 is 1.30 bits per heavy atom. The van der Waals surface area contributed by atoms with Crippen LogP contribution in [0, 0.1) is 22.7 Å². The van der Waals surface area contributed by atoms with Gasteiger partial charge in [-0.15, -0.1) is 0 Å². The van der Waals surface area contributed by atoms with Crippen LogP contribution in [0.2, 0.25) is 0 Å². The molecular weight excluding hydrogens is 376 g/mol. The van der Waals surface area contributed by atoms with Crippen LogP contribution < -0.4 is 0 Å². The van der Waals surface area contributed by atoms with Crippen LogP contribution >= 0.6 is 0 Å². The number of allylic oxidation sites excluding steroid dienone is 2. The predicted octanol–water partition coefficient (Wildman–Crippen LogP) is 7.47. The van der Waals surface area contributed by atoms with Crippen molar-refractivity contribution in [3.63, 3.8) is 0 Å². The molecule has 4 heteroatoms. The molecule has 0 spiro atoms. The molecule has 30 heavy (non-hydrogen) atoms. The molecule has 0 aromatic carbocycles. The Labute approximate surface area is 184 Å². The molecule has 3 unspecified atom stereocenters. The van der Waals surface area contributed by atoms with Crippen LogP contribution in [-0.2, 0) is 9.59 Å². The molecule has 0 amide bonds. The maximum absolute atomic E-state index is 12.5. The van der Waals surface area contributed by atoms with Gasteiger partial charge in [0.2, 0.25) is 0 Å². The SMILES string of the molecule is CCC(C)C1(C(=O)O)CC=CCC1(CCCCCCCCCCCC(C)C)C(=O)O. The number of hydrogen-bond donors (Lipinski definition) is 2. The summed E-state index contributed by atoms with van der Waals surface area (Å²) < 4.78 is 0. The van der Waals surface area contributed by atoms with Crippen molar-refractivity contribution in [2.45, 2.75) is 118 Å². The molecule has 0 saturated carbocycles. The van der Waals surface area contributed by atoms with Crippen molar-refractivity contribution in [1.29, 1.82) is 0 Å². The first-order valence-electron chi connectivity index (χ1n) is 12.4. The average molecular weight is 423 g/mol. The van der Waals surface area contributed by atoms with Crippen molar-refractivity contribution in [1.82, 2.24) is 0 Å². The molecule has 0 saturated heterocycles. The van der Waals surface area contributed by atoms with E-state index in [-0.39, 0.29) is 5.92 Å². The molecule has 0 fully saturated rings. The summed E-state index contributed by atoms with van der Waals surface area (Å²) in [6.45, 7) is 8.43. The van der Waals surface area contributed by atoms with Crippen LogP contribution in [-0.4, -0.2) is 22.2 Å². The minimum Gasteiger partial charge on any atom is -0.481 e. The second-order valence-electron chi connectivity index (χ2n) is 9.97. The highest BCUT2D eigenvalue weighted by atomic mass is 16.4. The Morgan fingerprint density at radius 1 is 0.800 bits per heavy atom. The van der Waals surface area contributed by atoms with E-state index in [1.54, 1.807) is 0 Å². The molecule has 0 radical (unpaired) electrons. The summed E-state index contributed by atoms with van der Waals surface area (Å²) in [6.07, 6.45) is 17.5. The number of carbonyl (C=O) groups is 2. The Morgan fingerprint density at radius 3 is 1.77 bits per heavy atom. The van der Waals surface area contributed by atoms with E-state index < -0.39 is 22.8 Å². The van der Waals surface area contributed by atoms with Crippen molar-refractivity contribution < 1.29 is 19.8 Å². The lowest BCUT2D eigenvalue weighted by Gasteiger charge is -2.50. The summed E-state index contributed by atoms with van der Waals surface area (Å²) in [5.74, 6) is -1.25. The van der Waals surface area contributed by atoms with Gasteiger partial charge in [-0.25, -0.2) is 0 Å². The second kappa shape index (κ2) is 13.2. The highest BCUT2D eigenvalue weighted by Gasteiger charge is 2.62. The Balaban J connectivity index is 2.52. The van der Waals surface area contributed by atoms with Gasteiger partial charge in [-0.1, -0.05) is 110 Å². The fourth-order valence-corrected chi connectivity index (χ4v) is 5.38. The number of rotatable bonds is 16. The van der Waals surface area contributed by atoms with Crippen molar-refractivity contribution in [3.05, 3.63) is 12.2 Å². The molecule has 0 bridgehead atoms. The Kier molecular flexibility index (Phi) is 11.7. The van der Waals surface area contributed by atoms with Crippen LogP contribution in [0.1, 0.15) is 118 Å². The Hall–Kier alpha value is -1.32. The van der Waals surface area contributed by atoms with Crippen LogP contribution in [0.3, 0.4) is 0 Å². The number of carboxylic acids is 2. The van der Waals surface area contributed by atoms with Gasteiger partial charge in [0.25, 0.3) is 0 Å². The van der Waals surface area contributed by atoms with E-state index in [0.717, 1.165) is 25.2 Å². The lowest BCUT2D eigenvalue weighted by molar-refractivity contribution is -0.182. The molecule has 174 valence electrons. The lowest BCUT2D eigenvalue weighted by Crippen LogP contribution is -2.56. The van der Waals surface area contributed by atoms with Gasteiger partial charge in [-0.3, -0.25) is 9.59 Å². The first-order valence-corrected chi connectivity index (χ1v) is 12.4. The zero-order valence-corrected chi connectivity index (χ0v) is 19.9. The average Bonchev–Trinajstić information content (AvgIpc) is 2.70. The summed E-state index contributed by atoms with van der Waals surface area (Å²) >= 11 is 0. The quantitative estimate of drug-likeness (QED) is 0.200. The minimum absolute atomic E-state index is 0.174. The summed E-state index contributed by atoms with van der Waals surface area (Å²) in [5.41, 5.74) is -2.41. The van der Waals surface area contributed by atoms with E-state index in [1.165, 1.54) is 44.9 Å². The Bertz CT molecular complexity index is 553. The summed E-state index contributed by atoms with van der Waals surface area (Å²) in [6, 6.07) is 0. The molecule has 1 rings (SSSR count). The van der Waals surface area contributed by atoms with Gasteiger partial charge in [-0.05, 0) is 31.1 Å². The predicted molar refractivity (Wildman–Crippen MR) is 124 cm³/mol. The zero-order chi connectivity index (χ0) is 22.6. The number of unbranched alkanes of at least 4 members (excludes halogenated alkanes) is 8. The third kappa shape index (κ3) is 6.59. The van der Waals surface area contributed by atoms with Crippen LogP contribution in [0.15, 0.2) is 12.2 Å². The fraction of sp³-hybridized carbons (Fsp3) is 0.846. The van der Waals surface area contributed by atoms with E-state index in [1.807, 2.05) is 26.0 Å². The molecule has 0 aromatic heterocycles. The van der Waals surface area contributed by atoms with Crippen LogP contribution in [0.5, 0.6) is 0 Å². The van der Waals surface area contributed by atoms with Gasteiger partial charge in [0.05, 0.1) is 10.8 Å². The standard InChI is InChI=1S/C26H46O4/c1-5-22(4)26(24(29)30)20-16-15-19-25(26,23(27)28)18-14-12-10-8-6-7-9-11-13-17-21(2)3/h15-16,21-22H,5-14,17-20H2,1-4H3,(H,27,28)(H,29,30). The molecule has 0 aliphatic heterocycles. The topological polar surface area (TPSA) is 74.6 Å². The van der Waals surface area contributed by atoms with Gasteiger partial charge in [-0.2, -0.15) is 0 Å². The van der Waals surface area contributed by atoms with E-state index >= 15 is 0 Å². The largest absolute Gasteiger partial charge is 0.481 e.